The Bertz CT molecular complexity index is 722. The minimum Gasteiger partial charge on any atom is -0.486 e. The number of aryl methyl sites for hydroxylation is 1. The van der Waals surface area contributed by atoms with Crippen LogP contribution in [0.4, 0.5) is 0 Å². The molecule has 0 bridgehead atoms. The Morgan fingerprint density at radius 3 is 2.95 bits per heavy atom. The van der Waals surface area contributed by atoms with Gasteiger partial charge >= 0.3 is 0 Å². The summed E-state index contributed by atoms with van der Waals surface area (Å²) < 4.78 is 12.5. The van der Waals surface area contributed by atoms with Gasteiger partial charge in [-0.05, 0) is 23.8 Å². The first kappa shape index (κ1) is 13.7. The van der Waals surface area contributed by atoms with Gasteiger partial charge in [0.15, 0.2) is 17.3 Å². The third-order valence-electron chi connectivity index (χ3n) is 3.04. The largest absolute Gasteiger partial charge is 0.486 e. The van der Waals surface area contributed by atoms with Crippen LogP contribution < -0.4 is 9.47 Å². The van der Waals surface area contributed by atoms with Crippen molar-refractivity contribution in [3.8, 4) is 11.5 Å². The summed E-state index contributed by atoms with van der Waals surface area (Å²) in [6.07, 6.45) is 6.38. The zero-order valence-corrected chi connectivity index (χ0v) is 12.1. The number of nitrogens with zero attached hydrogens (tertiary/aromatic N) is 2. The molecule has 1 aliphatic rings. The SMILES string of the molecule is Cn1cc(C(=O)/C=C/c2cc(Cl)c3c(c2)OCCO3)cn1. The number of ketones is 1. The van der Waals surface area contributed by atoms with E-state index in [1.54, 1.807) is 36.1 Å². The monoisotopic (exact) mass is 304 g/mol. The summed E-state index contributed by atoms with van der Waals surface area (Å²) in [6.45, 7) is 0.979. The Morgan fingerprint density at radius 1 is 1.38 bits per heavy atom. The van der Waals surface area contributed by atoms with Gasteiger partial charge in [0.1, 0.15) is 13.2 Å². The second-order valence-corrected chi connectivity index (χ2v) is 5.03. The molecule has 0 unspecified atom stereocenters. The molecule has 0 saturated heterocycles. The molecule has 0 N–H and O–H groups in total. The molecule has 3 rings (SSSR count). The predicted octanol–water partition coefficient (Wildman–Crippen LogP) is 2.74. The molecule has 2 heterocycles. The normalized spacial score (nSPS) is 13.6. The molecule has 6 heteroatoms. The van der Waals surface area contributed by atoms with Gasteiger partial charge in [-0.3, -0.25) is 9.48 Å². The van der Waals surface area contributed by atoms with Gasteiger partial charge in [-0.15, -0.1) is 0 Å². The van der Waals surface area contributed by atoms with E-state index in [2.05, 4.69) is 5.10 Å². The highest BCUT2D eigenvalue weighted by molar-refractivity contribution is 6.32. The van der Waals surface area contributed by atoms with E-state index in [-0.39, 0.29) is 5.78 Å². The van der Waals surface area contributed by atoms with E-state index in [1.165, 1.54) is 12.3 Å². The van der Waals surface area contributed by atoms with Gasteiger partial charge in [0.05, 0.1) is 16.8 Å². The lowest BCUT2D eigenvalue weighted by Crippen LogP contribution is -2.15. The average Bonchev–Trinajstić information content (AvgIpc) is 2.91. The third-order valence-corrected chi connectivity index (χ3v) is 3.32. The van der Waals surface area contributed by atoms with Crippen molar-refractivity contribution >= 4 is 23.5 Å². The van der Waals surface area contributed by atoms with E-state index in [1.807, 2.05) is 0 Å². The van der Waals surface area contributed by atoms with Crippen LogP contribution in [0, 0.1) is 0 Å². The number of rotatable bonds is 3. The fourth-order valence-electron chi connectivity index (χ4n) is 2.04. The van der Waals surface area contributed by atoms with Gasteiger partial charge in [0.25, 0.3) is 0 Å². The van der Waals surface area contributed by atoms with Crippen molar-refractivity contribution in [1.29, 1.82) is 0 Å². The lowest BCUT2D eigenvalue weighted by Gasteiger charge is -2.19. The lowest BCUT2D eigenvalue weighted by atomic mass is 10.1. The molecule has 0 fully saturated rings. The molecule has 108 valence electrons. The van der Waals surface area contributed by atoms with Crippen molar-refractivity contribution in [3.63, 3.8) is 0 Å². The highest BCUT2D eigenvalue weighted by Gasteiger charge is 2.16. The van der Waals surface area contributed by atoms with Crippen LogP contribution in [0.5, 0.6) is 11.5 Å². The van der Waals surface area contributed by atoms with E-state index < -0.39 is 0 Å². The Labute approximate surface area is 126 Å². The topological polar surface area (TPSA) is 53.4 Å². The number of halogens is 1. The van der Waals surface area contributed by atoms with Gasteiger partial charge in [-0.1, -0.05) is 17.7 Å². The Morgan fingerprint density at radius 2 is 2.19 bits per heavy atom. The molecule has 0 aliphatic carbocycles. The molecular formula is C15H13ClN2O3. The first-order chi connectivity index (χ1) is 10.1. The summed E-state index contributed by atoms with van der Waals surface area (Å²) in [5.41, 5.74) is 1.32. The molecule has 0 atom stereocenters. The quantitative estimate of drug-likeness (QED) is 0.646. The molecule has 0 amide bonds. The Hall–Kier alpha value is -2.27. The summed E-state index contributed by atoms with van der Waals surface area (Å²) in [5.74, 6) is 1.04. The van der Waals surface area contributed by atoms with E-state index in [9.17, 15) is 4.79 Å². The summed E-state index contributed by atoms with van der Waals surface area (Å²) in [4.78, 5) is 12.0. The van der Waals surface area contributed by atoms with Crippen LogP contribution in [0.15, 0.2) is 30.6 Å². The summed E-state index contributed by atoms with van der Waals surface area (Å²) in [6, 6.07) is 3.54. The third kappa shape index (κ3) is 2.92. The average molecular weight is 305 g/mol. The first-order valence-corrected chi connectivity index (χ1v) is 6.81. The molecule has 0 spiro atoms. The highest BCUT2D eigenvalue weighted by Crippen LogP contribution is 2.38. The molecule has 21 heavy (non-hydrogen) atoms. The van der Waals surface area contributed by atoms with Crippen LogP contribution in [-0.2, 0) is 7.05 Å². The van der Waals surface area contributed by atoms with Gasteiger partial charge < -0.3 is 9.47 Å². The van der Waals surface area contributed by atoms with Crippen LogP contribution in [0.1, 0.15) is 15.9 Å². The minimum absolute atomic E-state index is 0.117. The number of benzene rings is 1. The predicted molar refractivity (Wildman–Crippen MR) is 79.0 cm³/mol. The maximum Gasteiger partial charge on any atom is 0.189 e. The van der Waals surface area contributed by atoms with Gasteiger partial charge in [0, 0.05) is 13.2 Å². The molecule has 0 saturated carbocycles. The van der Waals surface area contributed by atoms with E-state index in [0.29, 0.717) is 35.3 Å². The summed E-state index contributed by atoms with van der Waals surface area (Å²) >= 11 is 6.15. The Balaban J connectivity index is 1.83. The zero-order chi connectivity index (χ0) is 14.8. The van der Waals surface area contributed by atoms with E-state index in [4.69, 9.17) is 21.1 Å². The van der Waals surface area contributed by atoms with Crippen molar-refractivity contribution in [2.24, 2.45) is 7.05 Å². The molecule has 1 aromatic heterocycles. The maximum absolute atomic E-state index is 12.0. The van der Waals surface area contributed by atoms with Crippen LogP contribution >= 0.6 is 11.6 Å². The second kappa shape index (κ2) is 5.61. The number of allylic oxidation sites excluding steroid dienone is 1. The van der Waals surface area contributed by atoms with Crippen molar-refractivity contribution in [1.82, 2.24) is 9.78 Å². The van der Waals surface area contributed by atoms with Crippen LogP contribution in [0.25, 0.3) is 6.08 Å². The number of carbonyl (C=O) groups is 1. The van der Waals surface area contributed by atoms with E-state index in [0.717, 1.165) is 5.56 Å². The van der Waals surface area contributed by atoms with Crippen LogP contribution in [0.2, 0.25) is 5.02 Å². The van der Waals surface area contributed by atoms with E-state index >= 15 is 0 Å². The molecule has 5 nitrogen and oxygen atoms in total. The Kier molecular flexibility index (Phi) is 3.66. The number of aromatic nitrogens is 2. The molecule has 2 aromatic rings. The first-order valence-electron chi connectivity index (χ1n) is 6.44. The molecule has 1 aromatic carbocycles. The maximum atomic E-state index is 12.0. The van der Waals surface area contributed by atoms with Crippen LogP contribution in [-0.4, -0.2) is 28.8 Å². The van der Waals surface area contributed by atoms with Crippen molar-refractivity contribution in [3.05, 3.63) is 46.8 Å². The number of hydrogen-bond acceptors (Lipinski definition) is 4. The molecular weight excluding hydrogens is 292 g/mol. The fraction of sp³-hybridized carbons (Fsp3) is 0.200. The number of ether oxygens (including phenoxy) is 2. The fourth-order valence-corrected chi connectivity index (χ4v) is 2.32. The number of fused-ring (bicyclic) bond motifs is 1. The van der Waals surface area contributed by atoms with Gasteiger partial charge in [0.2, 0.25) is 0 Å². The van der Waals surface area contributed by atoms with Crippen molar-refractivity contribution in [2.45, 2.75) is 0 Å². The summed E-state index contributed by atoms with van der Waals surface area (Å²) in [5, 5.41) is 4.44. The number of hydrogen-bond donors (Lipinski definition) is 0. The molecule has 0 radical (unpaired) electrons. The highest BCUT2D eigenvalue weighted by atomic mass is 35.5. The smallest absolute Gasteiger partial charge is 0.189 e. The summed E-state index contributed by atoms with van der Waals surface area (Å²) in [7, 11) is 1.76. The van der Waals surface area contributed by atoms with Crippen molar-refractivity contribution in [2.75, 3.05) is 13.2 Å². The van der Waals surface area contributed by atoms with Crippen LogP contribution in [0.3, 0.4) is 0 Å². The minimum atomic E-state index is -0.117. The molecule has 1 aliphatic heterocycles. The van der Waals surface area contributed by atoms with Crippen molar-refractivity contribution < 1.29 is 14.3 Å². The lowest BCUT2D eigenvalue weighted by molar-refractivity contribution is 0.104. The van der Waals surface area contributed by atoms with Gasteiger partial charge in [-0.25, -0.2) is 0 Å². The zero-order valence-electron chi connectivity index (χ0n) is 11.4. The second-order valence-electron chi connectivity index (χ2n) is 4.63. The number of carbonyl (C=O) groups excluding carboxylic acids is 1. The standard InChI is InChI=1S/C15H13ClN2O3/c1-18-9-11(8-17-18)13(19)3-2-10-6-12(16)15-14(7-10)20-4-5-21-15/h2-3,6-9H,4-5H2,1H3/b3-2+. The van der Waals surface area contributed by atoms with Gasteiger partial charge in [-0.2, -0.15) is 5.10 Å².